The van der Waals surface area contributed by atoms with Gasteiger partial charge in [-0.1, -0.05) is 53.6 Å². The van der Waals surface area contributed by atoms with E-state index in [0.717, 1.165) is 21.5 Å². The summed E-state index contributed by atoms with van der Waals surface area (Å²) in [6.45, 7) is 0. The van der Waals surface area contributed by atoms with Crippen molar-refractivity contribution in [1.82, 2.24) is 9.99 Å². The molecule has 4 aliphatic rings. The zero-order chi connectivity index (χ0) is 32.8. The van der Waals surface area contributed by atoms with E-state index in [2.05, 4.69) is 20.9 Å². The quantitative estimate of drug-likeness (QED) is 0.190. The fourth-order valence-electron chi connectivity index (χ4n) is 7.32. The molecule has 234 valence electrons. The number of hydrogen-bond donors (Lipinski definition) is 1. The summed E-state index contributed by atoms with van der Waals surface area (Å²) in [5, 5.41) is 14.2. The number of hydrazine groups is 1. The Labute approximate surface area is 272 Å². The lowest BCUT2D eigenvalue weighted by Gasteiger charge is -2.42. The zero-order valence-corrected chi connectivity index (χ0v) is 26.2. The third kappa shape index (κ3) is 4.44. The molecule has 1 saturated heterocycles. The van der Waals surface area contributed by atoms with Gasteiger partial charge in [-0.25, -0.2) is 4.98 Å². The van der Waals surface area contributed by atoms with Gasteiger partial charge in [-0.2, -0.15) is 18.2 Å². The van der Waals surface area contributed by atoms with E-state index in [9.17, 15) is 37.5 Å². The minimum atomic E-state index is -4.80. The molecule has 1 N–H and O–H groups in total. The number of alkyl halides is 3. The highest BCUT2D eigenvalue weighted by Crippen LogP contribution is 2.57. The van der Waals surface area contributed by atoms with Gasteiger partial charge >= 0.3 is 6.18 Å². The minimum Gasteiger partial charge on any atom is -0.508 e. The fourth-order valence-corrected chi connectivity index (χ4v) is 7.99. The molecule has 3 aliphatic carbocycles. The van der Waals surface area contributed by atoms with Crippen LogP contribution in [0.2, 0.25) is 5.02 Å². The zero-order valence-electron chi connectivity index (χ0n) is 23.8. The van der Waals surface area contributed by atoms with E-state index in [-0.39, 0.29) is 39.2 Å². The number of carbonyl (C=O) groups excluding carboxylic acids is 4. The number of phenolic OH excluding ortho intramolecular Hbond substituents is 1. The Bertz CT molecular complexity index is 2020. The van der Waals surface area contributed by atoms with E-state index >= 15 is 0 Å². The second-order valence-electron chi connectivity index (χ2n) is 11.6. The Morgan fingerprint density at radius 1 is 1.02 bits per heavy atom. The molecule has 13 heteroatoms. The number of hydrogen-bond acceptors (Lipinski definition) is 7. The number of ketones is 2. The molecular weight excluding hydrogens is 691 g/mol. The highest BCUT2D eigenvalue weighted by atomic mass is 79.9. The number of imide groups is 1. The topological polar surface area (TPSA) is 108 Å². The van der Waals surface area contributed by atoms with Crippen LogP contribution in [0.5, 0.6) is 5.75 Å². The smallest absolute Gasteiger partial charge is 0.433 e. The van der Waals surface area contributed by atoms with Gasteiger partial charge in [-0.15, -0.1) is 0 Å². The Balaban J connectivity index is 1.36. The molecule has 0 saturated carbocycles. The van der Waals surface area contributed by atoms with Gasteiger partial charge in [0, 0.05) is 35.8 Å². The van der Waals surface area contributed by atoms with Crippen LogP contribution in [0.15, 0.2) is 81.9 Å². The van der Waals surface area contributed by atoms with Crippen LogP contribution < -0.4 is 5.01 Å². The molecule has 46 heavy (non-hydrogen) atoms. The van der Waals surface area contributed by atoms with Gasteiger partial charge in [-0.05, 0) is 63.7 Å². The number of allylic oxidation sites excluding steroid dienone is 6. The average molecular weight is 713 g/mol. The second kappa shape index (κ2) is 10.6. The molecule has 0 spiro atoms. The number of amides is 2. The average Bonchev–Trinajstić information content (AvgIpc) is 3.27. The number of nitrogens with zero attached hydrogens (tertiary/aromatic N) is 3. The molecule has 1 fully saturated rings. The Morgan fingerprint density at radius 2 is 1.76 bits per heavy atom. The Hall–Kier alpha value is -4.29. The number of aromatic nitrogens is 1. The van der Waals surface area contributed by atoms with Gasteiger partial charge in [0.2, 0.25) is 0 Å². The van der Waals surface area contributed by atoms with Crippen LogP contribution >= 0.6 is 27.5 Å². The summed E-state index contributed by atoms with van der Waals surface area (Å²) >= 11 is 9.40. The molecule has 4 atom stereocenters. The molecular formula is C33H22BrClF3N3O5. The molecule has 0 unspecified atom stereocenters. The van der Waals surface area contributed by atoms with E-state index in [1.54, 1.807) is 24.3 Å². The molecule has 0 radical (unpaired) electrons. The highest BCUT2D eigenvalue weighted by Gasteiger charge is 2.58. The van der Waals surface area contributed by atoms with Gasteiger partial charge in [0.25, 0.3) is 11.8 Å². The molecule has 3 aromatic rings. The number of rotatable bonds is 3. The first-order chi connectivity index (χ1) is 21.8. The first-order valence-electron chi connectivity index (χ1n) is 14.2. The molecule has 0 bridgehead atoms. The molecule has 2 amide bonds. The summed E-state index contributed by atoms with van der Waals surface area (Å²) in [4.78, 5) is 58.8. The van der Waals surface area contributed by atoms with Crippen LogP contribution in [-0.4, -0.2) is 45.5 Å². The maximum Gasteiger partial charge on any atom is 0.433 e. The Kier molecular flexibility index (Phi) is 7.02. The van der Waals surface area contributed by atoms with Crippen LogP contribution in [0.4, 0.5) is 19.0 Å². The number of aromatic hydroxyl groups is 1. The first-order valence-corrected chi connectivity index (χ1v) is 15.4. The third-order valence-electron chi connectivity index (χ3n) is 9.27. The predicted octanol–water partition coefficient (Wildman–Crippen LogP) is 6.43. The monoisotopic (exact) mass is 711 g/mol. The van der Waals surface area contributed by atoms with Gasteiger partial charge < -0.3 is 5.11 Å². The number of pyridine rings is 1. The van der Waals surface area contributed by atoms with Crippen molar-refractivity contribution in [3.8, 4) is 5.75 Å². The van der Waals surface area contributed by atoms with Crippen molar-refractivity contribution < 1.29 is 37.5 Å². The SMILES string of the molecule is CN(c1nc(C(F)(F)F)ccc1Cl)N1C(=O)[C@H]2[C@H](CC=C3[C@H](c4c(O)ccc5ccccc45)C4=C(C[C@H]32)C(=O)C(Br)=CC4=O)C1=O. The van der Waals surface area contributed by atoms with Gasteiger partial charge in [0.15, 0.2) is 17.4 Å². The number of benzene rings is 2. The molecule has 7 rings (SSSR count). The van der Waals surface area contributed by atoms with E-state index in [1.807, 2.05) is 12.1 Å². The lowest BCUT2D eigenvalue weighted by Crippen LogP contribution is -2.46. The lowest BCUT2D eigenvalue weighted by molar-refractivity contribution is -0.141. The van der Waals surface area contributed by atoms with E-state index in [4.69, 9.17) is 11.6 Å². The Morgan fingerprint density at radius 3 is 2.50 bits per heavy atom. The van der Waals surface area contributed by atoms with Crippen molar-refractivity contribution >= 4 is 67.5 Å². The molecule has 2 aromatic carbocycles. The van der Waals surface area contributed by atoms with Crippen molar-refractivity contribution in [1.29, 1.82) is 0 Å². The number of Topliss-reactive ketones (excluding diaryl/α,β-unsaturated/α-hetero) is 1. The maximum absolute atomic E-state index is 14.2. The largest absolute Gasteiger partial charge is 0.508 e. The summed E-state index contributed by atoms with van der Waals surface area (Å²) in [6.07, 6.45) is -1.75. The molecule has 2 heterocycles. The summed E-state index contributed by atoms with van der Waals surface area (Å²) in [7, 11) is 1.24. The van der Waals surface area contributed by atoms with E-state index < -0.39 is 64.7 Å². The third-order valence-corrected chi connectivity index (χ3v) is 10.2. The highest BCUT2D eigenvalue weighted by molar-refractivity contribution is 9.12. The second-order valence-corrected chi connectivity index (χ2v) is 12.9. The van der Waals surface area contributed by atoms with E-state index in [0.29, 0.717) is 22.6 Å². The first kappa shape index (κ1) is 30.4. The minimum absolute atomic E-state index is 0.0307. The number of halogens is 5. The van der Waals surface area contributed by atoms with E-state index in [1.165, 1.54) is 19.2 Å². The van der Waals surface area contributed by atoms with Crippen molar-refractivity contribution in [3.05, 3.63) is 98.2 Å². The number of carbonyl (C=O) groups is 4. The van der Waals surface area contributed by atoms with Crippen molar-refractivity contribution in [3.63, 3.8) is 0 Å². The number of phenols is 1. The number of fused-ring (bicyclic) bond motifs is 4. The maximum atomic E-state index is 14.2. The summed E-state index contributed by atoms with van der Waals surface area (Å²) in [5.41, 5.74) is 0.141. The van der Waals surface area contributed by atoms with Crippen molar-refractivity contribution in [2.45, 2.75) is 24.9 Å². The molecule has 1 aromatic heterocycles. The van der Waals surface area contributed by atoms with Crippen LogP contribution in [-0.2, 0) is 25.4 Å². The standard InChI is InChI=1S/C33H22BrClF3N3O5/c1-40(30-21(35)9-11-24(39-30)33(36,37)38)41-31(45)17-8-7-16-18(25(17)32(41)46)12-19-27(23(43)13-20(34)29(19)44)28(16)26-15-5-3-2-4-14(15)6-10-22(26)42/h2-7,9-11,13,17-18,25,28,42H,8,12H2,1H3/t17-,18+,25-,28+/m0/s1. The molecule has 1 aliphatic heterocycles. The van der Waals surface area contributed by atoms with Crippen LogP contribution in [0.3, 0.4) is 0 Å². The normalized spacial score (nSPS) is 24.5. The van der Waals surface area contributed by atoms with Crippen LogP contribution in [0, 0.1) is 17.8 Å². The van der Waals surface area contributed by atoms with Crippen LogP contribution in [0.1, 0.15) is 30.0 Å². The summed E-state index contributed by atoms with van der Waals surface area (Å²) in [5.74, 6) is -6.29. The van der Waals surface area contributed by atoms with Crippen molar-refractivity contribution in [2.75, 3.05) is 12.1 Å². The summed E-state index contributed by atoms with van der Waals surface area (Å²) < 4.78 is 40.5. The number of anilines is 1. The lowest BCUT2D eigenvalue weighted by atomic mass is 9.59. The van der Waals surface area contributed by atoms with Gasteiger partial charge in [-0.3, -0.25) is 24.2 Å². The predicted molar refractivity (Wildman–Crippen MR) is 165 cm³/mol. The fraction of sp³-hybridized carbons (Fsp3) is 0.242. The van der Waals surface area contributed by atoms with Crippen molar-refractivity contribution in [2.24, 2.45) is 17.8 Å². The molecule has 8 nitrogen and oxygen atoms in total. The van der Waals surface area contributed by atoms with Crippen LogP contribution in [0.25, 0.3) is 10.8 Å². The van der Waals surface area contributed by atoms with Gasteiger partial charge in [0.05, 0.1) is 21.3 Å². The summed E-state index contributed by atoms with van der Waals surface area (Å²) in [6, 6.07) is 12.2. The van der Waals surface area contributed by atoms with Gasteiger partial charge in [0.1, 0.15) is 11.4 Å².